The maximum Gasteiger partial charge on any atom is 0.269 e. The van der Waals surface area contributed by atoms with E-state index in [2.05, 4.69) is 15.6 Å². The largest absolute Gasteiger partial charge is 0.494 e. The average Bonchev–Trinajstić information content (AvgIpc) is 2.78. The van der Waals surface area contributed by atoms with Crippen LogP contribution in [0.5, 0.6) is 5.75 Å². The summed E-state index contributed by atoms with van der Waals surface area (Å²) in [7, 11) is -3.79. The number of carbonyl (C=O) groups excluding carboxylic acids is 2. The molecule has 3 aromatic carbocycles. The van der Waals surface area contributed by atoms with Crippen molar-refractivity contribution in [3.8, 4) is 5.75 Å². The molecule has 3 rings (SSSR count). The first-order valence-corrected chi connectivity index (χ1v) is 10.9. The number of rotatable bonds is 7. The number of carbonyl (C=O) groups is 2. The fourth-order valence-electron chi connectivity index (χ4n) is 2.66. The highest BCUT2D eigenvalue weighted by Crippen LogP contribution is 2.17. The van der Waals surface area contributed by atoms with E-state index in [1.165, 1.54) is 36.4 Å². The number of ether oxygens (including phenoxy) is 1. The molecule has 8 nitrogen and oxygen atoms in total. The molecule has 3 aromatic rings. The third-order valence-corrected chi connectivity index (χ3v) is 5.54. The van der Waals surface area contributed by atoms with Gasteiger partial charge in [0, 0.05) is 16.8 Å². The standard InChI is InChI=1S/C22H21N3O5S/c1-2-30-19-13-11-16(12-14-19)21(26)23-24-22(27)17-7-6-8-18(15-17)25-31(28,29)20-9-4-3-5-10-20/h3-15,25H,2H2,1H3,(H,23,26)(H,24,27). The lowest BCUT2D eigenvalue weighted by Crippen LogP contribution is -2.41. The van der Waals surface area contributed by atoms with Gasteiger partial charge in [0.2, 0.25) is 0 Å². The van der Waals surface area contributed by atoms with Crippen molar-refractivity contribution in [1.82, 2.24) is 10.9 Å². The van der Waals surface area contributed by atoms with Crippen LogP contribution in [0.25, 0.3) is 0 Å². The molecule has 0 aliphatic carbocycles. The second kappa shape index (κ2) is 9.77. The van der Waals surface area contributed by atoms with Crippen LogP contribution in [-0.4, -0.2) is 26.8 Å². The Morgan fingerprint density at radius 2 is 1.45 bits per heavy atom. The number of nitrogens with one attached hydrogen (secondary N) is 3. The SMILES string of the molecule is CCOc1ccc(C(=O)NNC(=O)c2cccc(NS(=O)(=O)c3ccccc3)c2)cc1. The lowest BCUT2D eigenvalue weighted by molar-refractivity contribution is 0.0846. The topological polar surface area (TPSA) is 114 Å². The molecule has 31 heavy (non-hydrogen) atoms. The molecule has 9 heteroatoms. The minimum Gasteiger partial charge on any atom is -0.494 e. The van der Waals surface area contributed by atoms with Crippen molar-refractivity contribution in [3.05, 3.63) is 90.0 Å². The van der Waals surface area contributed by atoms with Crippen molar-refractivity contribution in [3.63, 3.8) is 0 Å². The van der Waals surface area contributed by atoms with E-state index in [0.717, 1.165) is 0 Å². The van der Waals surface area contributed by atoms with Crippen LogP contribution in [-0.2, 0) is 10.0 Å². The van der Waals surface area contributed by atoms with Gasteiger partial charge < -0.3 is 4.74 Å². The first-order chi connectivity index (χ1) is 14.9. The zero-order valence-corrected chi connectivity index (χ0v) is 17.5. The van der Waals surface area contributed by atoms with Gasteiger partial charge in [-0.2, -0.15) is 0 Å². The molecule has 0 bridgehead atoms. The maximum atomic E-state index is 12.4. The van der Waals surface area contributed by atoms with Crippen molar-refractivity contribution in [1.29, 1.82) is 0 Å². The number of sulfonamides is 1. The van der Waals surface area contributed by atoms with Gasteiger partial charge in [0.25, 0.3) is 21.8 Å². The molecule has 0 saturated carbocycles. The van der Waals surface area contributed by atoms with Crippen LogP contribution in [0.1, 0.15) is 27.6 Å². The van der Waals surface area contributed by atoms with Gasteiger partial charge in [0.1, 0.15) is 5.75 Å². The summed E-state index contributed by atoms with van der Waals surface area (Å²) in [5.41, 5.74) is 5.36. The van der Waals surface area contributed by atoms with Crippen LogP contribution in [0.4, 0.5) is 5.69 Å². The summed E-state index contributed by atoms with van der Waals surface area (Å²) in [6, 6.07) is 20.3. The normalized spacial score (nSPS) is 10.7. The van der Waals surface area contributed by atoms with Crippen LogP contribution in [0.3, 0.4) is 0 Å². The molecule has 2 amide bonds. The van der Waals surface area contributed by atoms with Gasteiger partial charge in [-0.3, -0.25) is 25.2 Å². The smallest absolute Gasteiger partial charge is 0.269 e. The van der Waals surface area contributed by atoms with Gasteiger partial charge in [-0.05, 0) is 61.5 Å². The Morgan fingerprint density at radius 3 is 2.10 bits per heavy atom. The Kier molecular flexibility index (Phi) is 6.88. The Labute approximate surface area is 180 Å². The predicted octanol–water partition coefficient (Wildman–Crippen LogP) is 2.96. The van der Waals surface area contributed by atoms with Crippen molar-refractivity contribution in [2.45, 2.75) is 11.8 Å². The molecule has 0 unspecified atom stereocenters. The highest BCUT2D eigenvalue weighted by atomic mass is 32.2. The highest BCUT2D eigenvalue weighted by molar-refractivity contribution is 7.92. The maximum absolute atomic E-state index is 12.4. The molecule has 3 N–H and O–H groups in total. The van der Waals surface area contributed by atoms with Crippen molar-refractivity contribution >= 4 is 27.5 Å². The fourth-order valence-corrected chi connectivity index (χ4v) is 3.74. The van der Waals surface area contributed by atoms with Gasteiger partial charge in [0.15, 0.2) is 0 Å². The van der Waals surface area contributed by atoms with Crippen LogP contribution in [0.2, 0.25) is 0 Å². The molecule has 0 heterocycles. The lowest BCUT2D eigenvalue weighted by Gasteiger charge is -2.11. The minimum absolute atomic E-state index is 0.104. The van der Waals surface area contributed by atoms with Crippen LogP contribution in [0.15, 0.2) is 83.8 Å². The number of amides is 2. The Bertz CT molecular complexity index is 1160. The molecule has 0 saturated heterocycles. The predicted molar refractivity (Wildman–Crippen MR) is 116 cm³/mol. The quantitative estimate of drug-likeness (QED) is 0.490. The summed E-state index contributed by atoms with van der Waals surface area (Å²) in [6.45, 7) is 2.37. The molecule has 0 atom stereocenters. The molecule has 160 valence electrons. The molecule has 0 aromatic heterocycles. The summed E-state index contributed by atoms with van der Waals surface area (Å²) >= 11 is 0. The Hall–Kier alpha value is -3.85. The molecule has 0 aliphatic heterocycles. The third kappa shape index (κ3) is 5.83. The van der Waals surface area contributed by atoms with E-state index in [1.807, 2.05) is 6.92 Å². The number of hydrogen-bond acceptors (Lipinski definition) is 5. The summed E-state index contributed by atoms with van der Waals surface area (Å²) in [5, 5.41) is 0. The van der Waals surface area contributed by atoms with Gasteiger partial charge >= 0.3 is 0 Å². The molecule has 0 aliphatic rings. The summed E-state index contributed by atoms with van der Waals surface area (Å²) in [4.78, 5) is 24.7. The van der Waals surface area contributed by atoms with Gasteiger partial charge in [-0.15, -0.1) is 0 Å². The first kappa shape index (κ1) is 21.8. The monoisotopic (exact) mass is 439 g/mol. The summed E-state index contributed by atoms with van der Waals surface area (Å²) in [6.07, 6.45) is 0. The van der Waals surface area contributed by atoms with Gasteiger partial charge in [0.05, 0.1) is 11.5 Å². The third-order valence-electron chi connectivity index (χ3n) is 4.15. The second-order valence-electron chi connectivity index (χ2n) is 6.36. The van der Waals surface area contributed by atoms with E-state index in [9.17, 15) is 18.0 Å². The van der Waals surface area contributed by atoms with Gasteiger partial charge in [-0.25, -0.2) is 8.42 Å². The number of benzene rings is 3. The van der Waals surface area contributed by atoms with Crippen LogP contribution in [0, 0.1) is 0 Å². The van der Waals surface area contributed by atoms with Crippen LogP contribution >= 0.6 is 0 Å². The van der Waals surface area contributed by atoms with Crippen molar-refractivity contribution in [2.24, 2.45) is 0 Å². The number of hydrazine groups is 1. The van der Waals surface area contributed by atoms with Crippen molar-refractivity contribution < 1.29 is 22.7 Å². The minimum atomic E-state index is -3.79. The van der Waals surface area contributed by atoms with Gasteiger partial charge in [-0.1, -0.05) is 24.3 Å². The molecular formula is C22H21N3O5S. The van der Waals surface area contributed by atoms with E-state index < -0.39 is 21.8 Å². The van der Waals surface area contributed by atoms with Crippen LogP contribution < -0.4 is 20.3 Å². The van der Waals surface area contributed by atoms with E-state index in [0.29, 0.717) is 17.9 Å². The summed E-state index contributed by atoms with van der Waals surface area (Å²) in [5.74, 6) is -0.463. The molecule has 0 radical (unpaired) electrons. The number of anilines is 1. The first-order valence-electron chi connectivity index (χ1n) is 9.40. The zero-order chi connectivity index (χ0) is 22.3. The van der Waals surface area contributed by atoms with Crippen molar-refractivity contribution in [2.75, 3.05) is 11.3 Å². The molecule has 0 spiro atoms. The van der Waals surface area contributed by atoms with E-state index in [4.69, 9.17) is 4.74 Å². The van der Waals surface area contributed by atoms with E-state index >= 15 is 0 Å². The highest BCUT2D eigenvalue weighted by Gasteiger charge is 2.15. The number of hydrogen-bond donors (Lipinski definition) is 3. The lowest BCUT2D eigenvalue weighted by atomic mass is 10.2. The molecule has 0 fully saturated rings. The van der Waals surface area contributed by atoms with E-state index in [1.54, 1.807) is 42.5 Å². The zero-order valence-electron chi connectivity index (χ0n) is 16.7. The average molecular weight is 439 g/mol. The Balaban J connectivity index is 1.63. The second-order valence-corrected chi connectivity index (χ2v) is 8.05. The summed E-state index contributed by atoms with van der Waals surface area (Å²) < 4.78 is 32.6. The molecular weight excluding hydrogens is 418 g/mol. The van der Waals surface area contributed by atoms with E-state index in [-0.39, 0.29) is 16.1 Å². The fraction of sp³-hybridized carbons (Fsp3) is 0.0909. The Morgan fingerprint density at radius 1 is 0.806 bits per heavy atom.